The lowest BCUT2D eigenvalue weighted by atomic mass is 10.1. The van der Waals surface area contributed by atoms with Gasteiger partial charge in [0.25, 0.3) is 11.6 Å². The van der Waals surface area contributed by atoms with Gasteiger partial charge in [0.15, 0.2) is 0 Å². The molecule has 1 aromatic rings. The van der Waals surface area contributed by atoms with Crippen molar-refractivity contribution in [1.82, 2.24) is 5.32 Å². The molecule has 0 heterocycles. The van der Waals surface area contributed by atoms with Crippen LogP contribution in [0.5, 0.6) is 0 Å². The minimum atomic E-state index is -0.583. The molecular weight excluding hydrogens is 232 g/mol. The van der Waals surface area contributed by atoms with E-state index in [9.17, 15) is 14.9 Å². The molecule has 16 heavy (non-hydrogen) atoms. The number of nitrogens with zero attached hydrogens (tertiary/aromatic N) is 1. The lowest BCUT2D eigenvalue weighted by molar-refractivity contribution is -0.385. The van der Waals surface area contributed by atoms with Crippen LogP contribution in [-0.2, 0) is 0 Å². The normalized spacial score (nSPS) is 11.9. The number of alkyl halides is 1. The van der Waals surface area contributed by atoms with Crippen molar-refractivity contribution >= 4 is 23.2 Å². The van der Waals surface area contributed by atoms with Crippen molar-refractivity contribution in [2.75, 3.05) is 5.88 Å². The molecule has 0 aliphatic carbocycles. The lowest BCUT2D eigenvalue weighted by Gasteiger charge is -2.10. The standard InChI is InChI=1S/C10H11ClN2O3/c1-7(6-11)12-10(14)8-4-2-3-5-9(8)13(15)16/h2-5,7H,6H2,1H3,(H,12,14). The van der Waals surface area contributed by atoms with E-state index in [0.29, 0.717) is 0 Å². The maximum atomic E-state index is 11.7. The van der Waals surface area contributed by atoms with E-state index in [1.54, 1.807) is 13.0 Å². The van der Waals surface area contributed by atoms with E-state index in [1.165, 1.54) is 18.2 Å². The summed E-state index contributed by atoms with van der Waals surface area (Å²) in [5.41, 5.74) is -0.161. The highest BCUT2D eigenvalue weighted by molar-refractivity contribution is 6.18. The van der Waals surface area contributed by atoms with Crippen LogP contribution in [0.4, 0.5) is 5.69 Å². The third kappa shape index (κ3) is 2.93. The van der Waals surface area contributed by atoms with Gasteiger partial charge in [0.05, 0.1) is 4.92 Å². The molecule has 1 rings (SSSR count). The van der Waals surface area contributed by atoms with Gasteiger partial charge >= 0.3 is 0 Å². The van der Waals surface area contributed by atoms with Crippen LogP contribution >= 0.6 is 11.6 Å². The number of nitro benzene ring substituents is 1. The molecule has 1 amide bonds. The van der Waals surface area contributed by atoms with Crippen LogP contribution in [0.1, 0.15) is 17.3 Å². The molecule has 1 aromatic carbocycles. The minimum Gasteiger partial charge on any atom is -0.348 e. The number of hydrogen-bond donors (Lipinski definition) is 1. The first-order valence-electron chi connectivity index (χ1n) is 4.66. The average Bonchev–Trinajstić information content (AvgIpc) is 2.28. The largest absolute Gasteiger partial charge is 0.348 e. The topological polar surface area (TPSA) is 72.2 Å². The molecule has 86 valence electrons. The van der Waals surface area contributed by atoms with Gasteiger partial charge in [-0.25, -0.2) is 0 Å². The summed E-state index contributed by atoms with van der Waals surface area (Å²) in [7, 11) is 0. The molecule has 1 unspecified atom stereocenters. The molecule has 0 aliphatic heterocycles. The maximum Gasteiger partial charge on any atom is 0.282 e. The van der Waals surface area contributed by atoms with Gasteiger partial charge in [-0.15, -0.1) is 11.6 Å². The zero-order valence-corrected chi connectivity index (χ0v) is 9.40. The molecule has 0 radical (unpaired) electrons. The Balaban J connectivity index is 2.95. The summed E-state index contributed by atoms with van der Waals surface area (Å²) in [5.74, 6) is -0.229. The van der Waals surface area contributed by atoms with Crippen molar-refractivity contribution in [2.24, 2.45) is 0 Å². The van der Waals surface area contributed by atoms with Crippen LogP contribution in [0.25, 0.3) is 0 Å². The molecule has 0 fully saturated rings. The van der Waals surface area contributed by atoms with Crippen LogP contribution in [0.2, 0.25) is 0 Å². The summed E-state index contributed by atoms with van der Waals surface area (Å²) in [5, 5.41) is 13.2. The summed E-state index contributed by atoms with van der Waals surface area (Å²) in [4.78, 5) is 21.8. The Morgan fingerprint density at radius 2 is 2.19 bits per heavy atom. The van der Waals surface area contributed by atoms with Crippen LogP contribution < -0.4 is 5.32 Å². The fourth-order valence-corrected chi connectivity index (χ4v) is 1.24. The van der Waals surface area contributed by atoms with Gasteiger partial charge in [-0.05, 0) is 13.0 Å². The number of amides is 1. The van der Waals surface area contributed by atoms with Crippen molar-refractivity contribution in [3.8, 4) is 0 Å². The minimum absolute atomic E-state index is 0.0458. The monoisotopic (exact) mass is 242 g/mol. The predicted octanol–water partition coefficient (Wildman–Crippen LogP) is 1.95. The van der Waals surface area contributed by atoms with E-state index >= 15 is 0 Å². The second kappa shape index (κ2) is 5.46. The third-order valence-electron chi connectivity index (χ3n) is 1.95. The van der Waals surface area contributed by atoms with Crippen molar-refractivity contribution < 1.29 is 9.72 Å². The molecule has 1 N–H and O–H groups in total. The highest BCUT2D eigenvalue weighted by atomic mass is 35.5. The molecular formula is C10H11ClN2O3. The Hall–Kier alpha value is -1.62. The Morgan fingerprint density at radius 1 is 1.56 bits per heavy atom. The Labute approximate surface area is 97.6 Å². The van der Waals surface area contributed by atoms with Gasteiger partial charge in [-0.2, -0.15) is 0 Å². The Morgan fingerprint density at radius 3 is 2.75 bits per heavy atom. The average molecular weight is 243 g/mol. The zero-order chi connectivity index (χ0) is 12.1. The predicted molar refractivity (Wildman–Crippen MR) is 60.7 cm³/mol. The molecule has 6 heteroatoms. The molecule has 0 spiro atoms. The highest BCUT2D eigenvalue weighted by Gasteiger charge is 2.19. The van der Waals surface area contributed by atoms with Crippen LogP contribution in [0.3, 0.4) is 0 Å². The number of carbonyl (C=O) groups is 1. The first kappa shape index (κ1) is 12.4. The number of benzene rings is 1. The first-order chi connectivity index (χ1) is 7.56. The highest BCUT2D eigenvalue weighted by Crippen LogP contribution is 2.17. The fraction of sp³-hybridized carbons (Fsp3) is 0.300. The quantitative estimate of drug-likeness (QED) is 0.498. The van der Waals surface area contributed by atoms with Crippen LogP contribution in [0, 0.1) is 10.1 Å². The smallest absolute Gasteiger partial charge is 0.282 e. The van der Waals surface area contributed by atoms with Crippen molar-refractivity contribution in [3.05, 3.63) is 39.9 Å². The second-order valence-electron chi connectivity index (χ2n) is 3.30. The SMILES string of the molecule is CC(CCl)NC(=O)c1ccccc1[N+](=O)[O-]. The molecule has 0 saturated heterocycles. The number of nitrogens with one attached hydrogen (secondary N) is 1. The first-order valence-corrected chi connectivity index (χ1v) is 5.20. The number of nitro groups is 1. The summed E-state index contributed by atoms with van der Waals surface area (Å²) < 4.78 is 0. The molecule has 0 saturated carbocycles. The summed E-state index contributed by atoms with van der Waals surface area (Å²) in [6, 6.07) is 5.57. The van der Waals surface area contributed by atoms with Crippen LogP contribution in [0.15, 0.2) is 24.3 Å². The van der Waals surface area contributed by atoms with E-state index < -0.39 is 10.8 Å². The van der Waals surface area contributed by atoms with E-state index in [2.05, 4.69) is 5.32 Å². The second-order valence-corrected chi connectivity index (χ2v) is 3.61. The number of halogens is 1. The number of para-hydroxylation sites is 1. The van der Waals surface area contributed by atoms with Gasteiger partial charge in [0.2, 0.25) is 0 Å². The molecule has 1 atom stereocenters. The van der Waals surface area contributed by atoms with Crippen molar-refractivity contribution in [1.29, 1.82) is 0 Å². The summed E-state index contributed by atoms with van der Waals surface area (Å²) in [6.07, 6.45) is 0. The number of rotatable bonds is 4. The van der Waals surface area contributed by atoms with Crippen molar-refractivity contribution in [3.63, 3.8) is 0 Å². The fourth-order valence-electron chi connectivity index (χ4n) is 1.16. The molecule has 0 bridgehead atoms. The Bertz CT molecular complexity index is 409. The van der Waals surface area contributed by atoms with Gasteiger partial charge in [0, 0.05) is 18.0 Å². The maximum absolute atomic E-state index is 11.7. The molecule has 0 aliphatic rings. The number of carbonyl (C=O) groups excluding carboxylic acids is 1. The van der Waals surface area contributed by atoms with Crippen molar-refractivity contribution in [2.45, 2.75) is 13.0 Å². The summed E-state index contributed by atoms with van der Waals surface area (Å²) >= 11 is 5.54. The van der Waals surface area contributed by atoms with E-state index in [0.717, 1.165) is 0 Å². The van der Waals surface area contributed by atoms with Gasteiger partial charge in [-0.3, -0.25) is 14.9 Å². The number of hydrogen-bond acceptors (Lipinski definition) is 3. The Kier molecular flexibility index (Phi) is 4.25. The van der Waals surface area contributed by atoms with Gasteiger partial charge in [-0.1, -0.05) is 12.1 Å². The molecule has 0 aromatic heterocycles. The molecule has 5 nitrogen and oxygen atoms in total. The van der Waals surface area contributed by atoms with Gasteiger partial charge in [0.1, 0.15) is 5.56 Å². The van der Waals surface area contributed by atoms with Crippen LogP contribution in [-0.4, -0.2) is 22.8 Å². The summed E-state index contributed by atoms with van der Waals surface area (Å²) in [6.45, 7) is 1.72. The van der Waals surface area contributed by atoms with E-state index in [-0.39, 0.29) is 23.2 Å². The lowest BCUT2D eigenvalue weighted by Crippen LogP contribution is -2.34. The zero-order valence-electron chi connectivity index (χ0n) is 8.64. The van der Waals surface area contributed by atoms with Gasteiger partial charge < -0.3 is 5.32 Å². The van der Waals surface area contributed by atoms with E-state index in [1.807, 2.05) is 0 Å². The third-order valence-corrected chi connectivity index (χ3v) is 2.42. The van der Waals surface area contributed by atoms with E-state index in [4.69, 9.17) is 11.6 Å².